The van der Waals surface area contributed by atoms with E-state index >= 15 is 0 Å². The van der Waals surface area contributed by atoms with Crippen molar-refractivity contribution in [3.63, 3.8) is 0 Å². The molecule has 9 N–H and O–H groups in total. The molecule has 1 aliphatic rings. The first-order valence-corrected chi connectivity index (χ1v) is 13.9. The highest BCUT2D eigenvalue weighted by Crippen LogP contribution is 2.31. The number of nitrogens with two attached hydrogens (primary N) is 1. The normalized spacial score (nSPS) is 23.1. The van der Waals surface area contributed by atoms with Gasteiger partial charge >= 0.3 is 0 Å². The largest absolute Gasteiger partial charge is 0.494 e. The second-order valence-corrected chi connectivity index (χ2v) is 10.6. The fourth-order valence-electron chi connectivity index (χ4n) is 4.61. The molecule has 1 amide bonds. The number of ether oxygens (including phenoxy) is 3. The van der Waals surface area contributed by atoms with E-state index in [-0.39, 0.29) is 17.7 Å². The van der Waals surface area contributed by atoms with E-state index in [1.54, 1.807) is 12.5 Å². The van der Waals surface area contributed by atoms with Gasteiger partial charge < -0.3 is 50.7 Å². The maximum Gasteiger partial charge on any atom is 0.238 e. The van der Waals surface area contributed by atoms with E-state index < -0.39 is 43.4 Å². The van der Waals surface area contributed by atoms with Crippen LogP contribution >= 0.6 is 0 Å². The van der Waals surface area contributed by atoms with Gasteiger partial charge in [0.1, 0.15) is 30.2 Å². The number of hydrogen-bond donors (Lipinski definition) is 8. The van der Waals surface area contributed by atoms with Gasteiger partial charge in [0.05, 0.1) is 31.3 Å². The number of aliphatic hydroxyl groups excluding tert-OH is 4. The minimum absolute atomic E-state index is 0.0857. The number of nitrogens with zero attached hydrogens (tertiary/aromatic N) is 2. The number of benzene rings is 1. The summed E-state index contributed by atoms with van der Waals surface area (Å²) >= 11 is 0. The van der Waals surface area contributed by atoms with E-state index in [2.05, 4.69) is 25.5 Å². The molecule has 6 atom stereocenters. The van der Waals surface area contributed by atoms with Crippen LogP contribution in [0.1, 0.15) is 48.7 Å². The Kier molecular flexibility index (Phi) is 10.9. The third-order valence-corrected chi connectivity index (χ3v) is 7.03. The van der Waals surface area contributed by atoms with Crippen LogP contribution < -0.4 is 20.5 Å². The zero-order chi connectivity index (χ0) is 30.2. The Morgan fingerprint density at radius 3 is 2.60 bits per heavy atom. The molecule has 1 aliphatic heterocycles. The molecular weight excluding hydrogens is 548 g/mol. The van der Waals surface area contributed by atoms with Gasteiger partial charge in [-0.05, 0) is 30.0 Å². The Hall–Kier alpha value is -3.53. The summed E-state index contributed by atoms with van der Waals surface area (Å²) in [5.41, 5.74) is 9.19. The van der Waals surface area contributed by atoms with E-state index in [4.69, 9.17) is 19.9 Å². The molecule has 0 radical (unpaired) electrons. The molecule has 0 spiro atoms. The number of imidazole rings is 1. The van der Waals surface area contributed by atoms with Gasteiger partial charge in [-0.15, -0.1) is 5.10 Å². The molecule has 230 valence electrons. The van der Waals surface area contributed by atoms with Gasteiger partial charge in [-0.1, -0.05) is 26.0 Å². The van der Waals surface area contributed by atoms with E-state index in [0.29, 0.717) is 38.2 Å². The summed E-state index contributed by atoms with van der Waals surface area (Å²) < 4.78 is 17.1. The van der Waals surface area contributed by atoms with Crippen molar-refractivity contribution in [2.75, 3.05) is 19.8 Å². The molecule has 14 nitrogen and oxygen atoms in total. The summed E-state index contributed by atoms with van der Waals surface area (Å²) in [4.78, 5) is 19.1. The molecule has 0 aliphatic carbocycles. The molecule has 4 rings (SSSR count). The predicted molar refractivity (Wildman–Crippen MR) is 150 cm³/mol. The van der Waals surface area contributed by atoms with Crippen LogP contribution in [0.15, 0.2) is 36.8 Å². The lowest BCUT2D eigenvalue weighted by Gasteiger charge is -2.39. The third-order valence-electron chi connectivity index (χ3n) is 7.03. The number of aromatic amines is 2. The molecule has 0 unspecified atom stereocenters. The van der Waals surface area contributed by atoms with Crippen molar-refractivity contribution in [2.24, 2.45) is 5.73 Å². The van der Waals surface area contributed by atoms with Crippen molar-refractivity contribution < 1.29 is 39.4 Å². The molecule has 14 heteroatoms. The lowest BCUT2D eigenvalue weighted by atomic mass is 9.98. The SMILES string of the molecule is CC(C)c1[nH]nc(O[C@@H]2O[C@H](CO)[C@@H](O)[C@H](O)[C@H]2O)c1Cc1ccc(OCCCNC(=O)[C@@H](N)Cc2c[nH]cn2)cc1. The molecule has 0 bridgehead atoms. The summed E-state index contributed by atoms with van der Waals surface area (Å²) in [6, 6.07) is 6.86. The highest BCUT2D eigenvalue weighted by molar-refractivity contribution is 5.81. The number of carbonyl (C=O) groups excluding carboxylic acids is 1. The van der Waals surface area contributed by atoms with Crippen LogP contribution in [0.2, 0.25) is 0 Å². The van der Waals surface area contributed by atoms with Crippen LogP contribution in [0, 0.1) is 0 Å². The monoisotopic (exact) mass is 588 g/mol. The van der Waals surface area contributed by atoms with Crippen LogP contribution in [-0.2, 0) is 22.4 Å². The molecule has 2 aromatic heterocycles. The molecule has 42 heavy (non-hydrogen) atoms. The second-order valence-electron chi connectivity index (χ2n) is 10.6. The smallest absolute Gasteiger partial charge is 0.238 e. The van der Waals surface area contributed by atoms with Crippen LogP contribution in [0.5, 0.6) is 11.6 Å². The predicted octanol–water partition coefficient (Wildman–Crippen LogP) is -0.519. The summed E-state index contributed by atoms with van der Waals surface area (Å²) in [5.74, 6) is 0.712. The summed E-state index contributed by atoms with van der Waals surface area (Å²) in [5, 5.41) is 50.1. The summed E-state index contributed by atoms with van der Waals surface area (Å²) in [7, 11) is 0. The van der Waals surface area contributed by atoms with Crippen LogP contribution in [0.25, 0.3) is 0 Å². The molecule has 3 heterocycles. The Bertz CT molecular complexity index is 1250. The maximum absolute atomic E-state index is 12.2. The Morgan fingerprint density at radius 1 is 1.17 bits per heavy atom. The molecule has 1 saturated heterocycles. The first-order chi connectivity index (χ1) is 20.2. The molecule has 3 aromatic rings. The number of H-pyrrole nitrogens is 2. The van der Waals surface area contributed by atoms with Crippen molar-refractivity contribution in [1.29, 1.82) is 0 Å². The van der Waals surface area contributed by atoms with Crippen molar-refractivity contribution in [1.82, 2.24) is 25.5 Å². The van der Waals surface area contributed by atoms with Crippen molar-refractivity contribution in [3.8, 4) is 11.6 Å². The molecular formula is C28H40N6O8. The third kappa shape index (κ3) is 7.85. The second kappa shape index (κ2) is 14.6. The molecule has 0 saturated carbocycles. The van der Waals surface area contributed by atoms with Crippen LogP contribution in [0.4, 0.5) is 0 Å². The van der Waals surface area contributed by atoms with Crippen molar-refractivity contribution in [3.05, 3.63) is 59.3 Å². The quantitative estimate of drug-likeness (QED) is 0.112. The van der Waals surface area contributed by atoms with E-state index in [9.17, 15) is 25.2 Å². The van der Waals surface area contributed by atoms with Gasteiger partial charge in [0.25, 0.3) is 0 Å². The van der Waals surface area contributed by atoms with Gasteiger partial charge in [0.2, 0.25) is 18.1 Å². The Labute approximate surface area is 243 Å². The minimum Gasteiger partial charge on any atom is -0.494 e. The first kappa shape index (κ1) is 31.4. The van der Waals surface area contributed by atoms with Gasteiger partial charge in [0, 0.05) is 36.8 Å². The zero-order valence-electron chi connectivity index (χ0n) is 23.6. The first-order valence-electron chi connectivity index (χ1n) is 13.9. The number of aromatic nitrogens is 4. The lowest BCUT2D eigenvalue weighted by molar-refractivity contribution is -0.278. The van der Waals surface area contributed by atoms with Crippen LogP contribution in [0.3, 0.4) is 0 Å². The standard InChI is InChI=1S/C28H40N6O8/c1-15(2)22-19(27(34-33-22)42-28-25(38)24(37)23(36)21(13-35)41-28)10-16-4-6-18(7-5-16)40-9-3-8-31-26(39)20(29)11-17-12-30-14-32-17/h4-7,12,14-15,20-21,23-25,28,35-38H,3,8-11,13,29H2,1-2H3,(H,30,32)(H,31,39)(H,33,34)/t20-,21+,23+,24-,25+,28-/m0/s1. The van der Waals surface area contributed by atoms with E-state index in [1.165, 1.54) is 0 Å². The topological polar surface area (TPSA) is 221 Å². The number of nitrogens with one attached hydrogen (secondary N) is 3. The fraction of sp³-hybridized carbons (Fsp3) is 0.536. The molecule has 1 aromatic carbocycles. The maximum atomic E-state index is 12.2. The Morgan fingerprint density at radius 2 is 1.93 bits per heavy atom. The zero-order valence-corrected chi connectivity index (χ0v) is 23.6. The van der Waals surface area contributed by atoms with Crippen LogP contribution in [-0.4, -0.2) is 103 Å². The van der Waals surface area contributed by atoms with Gasteiger partial charge in [-0.25, -0.2) is 4.98 Å². The van der Waals surface area contributed by atoms with Crippen molar-refractivity contribution >= 4 is 5.91 Å². The molecule has 1 fully saturated rings. The highest BCUT2D eigenvalue weighted by Gasteiger charge is 2.45. The van der Waals surface area contributed by atoms with Gasteiger partial charge in [-0.3, -0.25) is 9.89 Å². The summed E-state index contributed by atoms with van der Waals surface area (Å²) in [6.07, 6.45) is -2.34. The van der Waals surface area contributed by atoms with E-state index in [1.807, 2.05) is 38.1 Å². The van der Waals surface area contributed by atoms with Gasteiger partial charge in [-0.2, -0.15) is 0 Å². The summed E-state index contributed by atoms with van der Waals surface area (Å²) in [6.45, 7) is 4.28. The van der Waals surface area contributed by atoms with Crippen molar-refractivity contribution in [2.45, 2.75) is 75.8 Å². The fourth-order valence-corrected chi connectivity index (χ4v) is 4.61. The average molecular weight is 589 g/mol. The highest BCUT2D eigenvalue weighted by atomic mass is 16.7. The number of hydrogen-bond acceptors (Lipinski definition) is 11. The van der Waals surface area contributed by atoms with Gasteiger partial charge in [0.15, 0.2) is 0 Å². The number of aliphatic hydroxyl groups is 4. The minimum atomic E-state index is -1.55. The average Bonchev–Trinajstić information content (AvgIpc) is 3.64. The number of amides is 1. The number of carbonyl (C=O) groups is 1. The van der Waals surface area contributed by atoms with E-state index in [0.717, 1.165) is 22.5 Å². The number of rotatable bonds is 14. The Balaban J connectivity index is 1.29. The lowest BCUT2D eigenvalue weighted by Crippen LogP contribution is -2.60.